The minimum absolute atomic E-state index is 0.109. The van der Waals surface area contributed by atoms with E-state index in [0.29, 0.717) is 24.1 Å². The molecular weight excluding hydrogens is 222 g/mol. The summed E-state index contributed by atoms with van der Waals surface area (Å²) in [5.41, 5.74) is 1.83. The molecule has 1 atom stereocenters. The van der Waals surface area contributed by atoms with Crippen molar-refractivity contribution in [2.45, 2.75) is 18.9 Å². The quantitative estimate of drug-likeness (QED) is 0.743. The molecule has 5 heteroatoms. The van der Waals surface area contributed by atoms with Crippen LogP contribution in [0.4, 0.5) is 5.69 Å². The molecular formula is C12H13NO4. The van der Waals surface area contributed by atoms with Crippen molar-refractivity contribution in [3.8, 4) is 0 Å². The van der Waals surface area contributed by atoms with Gasteiger partial charge in [-0.15, -0.1) is 0 Å². The van der Waals surface area contributed by atoms with Crippen molar-refractivity contribution >= 4 is 17.6 Å². The molecule has 0 radical (unpaired) electrons. The summed E-state index contributed by atoms with van der Waals surface area (Å²) in [4.78, 5) is 22.6. The largest absolute Gasteiger partial charge is 0.467 e. The minimum Gasteiger partial charge on any atom is -0.467 e. The van der Waals surface area contributed by atoms with Crippen molar-refractivity contribution in [3.63, 3.8) is 0 Å². The number of aliphatic hydroxyl groups is 1. The maximum Gasteiger partial charge on any atom is 0.339 e. The highest BCUT2D eigenvalue weighted by Crippen LogP contribution is 2.31. The Labute approximate surface area is 98.4 Å². The van der Waals surface area contributed by atoms with E-state index in [1.807, 2.05) is 6.07 Å². The van der Waals surface area contributed by atoms with Gasteiger partial charge in [0.15, 0.2) is 6.10 Å². The standard InChI is InChI=1S/C12H13NO4/c1-17-12(16)11(15)8-4-2-3-7-5-6-9(14)13-10(7)8/h2-4,11,15H,5-6H2,1H3,(H,13,14). The Balaban J connectivity index is 2.41. The second kappa shape index (κ2) is 4.55. The number of aryl methyl sites for hydroxylation is 1. The van der Waals surface area contributed by atoms with Gasteiger partial charge in [0.25, 0.3) is 0 Å². The van der Waals surface area contributed by atoms with Crippen LogP contribution in [-0.2, 0) is 20.7 Å². The molecule has 2 N–H and O–H groups in total. The Morgan fingerprint density at radius 3 is 2.94 bits per heavy atom. The number of hydrogen-bond donors (Lipinski definition) is 2. The summed E-state index contributed by atoms with van der Waals surface area (Å²) >= 11 is 0. The highest BCUT2D eigenvalue weighted by atomic mass is 16.5. The number of carbonyl (C=O) groups excluding carboxylic acids is 2. The molecule has 1 aliphatic heterocycles. The van der Waals surface area contributed by atoms with Gasteiger partial charge in [-0.1, -0.05) is 18.2 Å². The first-order valence-electron chi connectivity index (χ1n) is 5.31. The van der Waals surface area contributed by atoms with Crippen LogP contribution in [-0.4, -0.2) is 24.1 Å². The number of nitrogens with one attached hydrogen (secondary N) is 1. The third-order valence-corrected chi connectivity index (χ3v) is 2.79. The summed E-state index contributed by atoms with van der Waals surface area (Å²) in [5, 5.41) is 12.5. The third kappa shape index (κ3) is 2.14. The van der Waals surface area contributed by atoms with Gasteiger partial charge < -0.3 is 15.2 Å². The Morgan fingerprint density at radius 2 is 2.24 bits per heavy atom. The Morgan fingerprint density at radius 1 is 1.47 bits per heavy atom. The molecule has 0 spiro atoms. The number of hydrogen-bond acceptors (Lipinski definition) is 4. The number of rotatable bonds is 2. The Kier molecular flexibility index (Phi) is 3.10. The Hall–Kier alpha value is -1.88. The molecule has 0 fully saturated rings. The molecule has 0 saturated heterocycles. The summed E-state index contributed by atoms with van der Waals surface area (Å²) in [6.45, 7) is 0. The smallest absolute Gasteiger partial charge is 0.339 e. The lowest BCUT2D eigenvalue weighted by Gasteiger charge is -2.21. The lowest BCUT2D eigenvalue weighted by molar-refractivity contribution is -0.150. The molecule has 1 unspecified atom stereocenters. The average molecular weight is 235 g/mol. The van der Waals surface area contributed by atoms with Crippen molar-refractivity contribution in [3.05, 3.63) is 29.3 Å². The second-order valence-corrected chi connectivity index (χ2v) is 3.86. The minimum atomic E-state index is -1.37. The Bertz CT molecular complexity index is 470. The summed E-state index contributed by atoms with van der Waals surface area (Å²) < 4.78 is 4.48. The number of para-hydroxylation sites is 1. The fourth-order valence-electron chi connectivity index (χ4n) is 1.90. The molecule has 1 amide bonds. The fourth-order valence-corrected chi connectivity index (χ4v) is 1.90. The first kappa shape index (κ1) is 11.6. The van der Waals surface area contributed by atoms with Gasteiger partial charge in [-0.2, -0.15) is 0 Å². The normalized spacial score (nSPS) is 15.8. The van der Waals surface area contributed by atoms with Crippen LogP contribution in [0.3, 0.4) is 0 Å². The summed E-state index contributed by atoms with van der Waals surface area (Å²) in [6, 6.07) is 5.21. The topological polar surface area (TPSA) is 75.6 Å². The van der Waals surface area contributed by atoms with E-state index in [-0.39, 0.29) is 5.91 Å². The van der Waals surface area contributed by atoms with Crippen LogP contribution in [0.25, 0.3) is 0 Å². The maximum absolute atomic E-state index is 11.3. The molecule has 90 valence electrons. The molecule has 0 bridgehead atoms. The van der Waals surface area contributed by atoms with Gasteiger partial charge in [0.1, 0.15) is 0 Å². The molecule has 1 aromatic rings. The highest BCUT2D eigenvalue weighted by Gasteiger charge is 2.25. The second-order valence-electron chi connectivity index (χ2n) is 3.86. The number of amides is 1. The van der Waals surface area contributed by atoms with Gasteiger partial charge in [-0.25, -0.2) is 4.79 Å². The van der Waals surface area contributed by atoms with E-state index >= 15 is 0 Å². The number of carbonyl (C=O) groups is 2. The molecule has 1 heterocycles. The lowest BCUT2D eigenvalue weighted by Crippen LogP contribution is -2.23. The molecule has 0 aromatic heterocycles. The van der Waals surface area contributed by atoms with Crippen molar-refractivity contribution in [1.29, 1.82) is 0 Å². The molecule has 2 rings (SSSR count). The van der Waals surface area contributed by atoms with Crippen LogP contribution in [0.15, 0.2) is 18.2 Å². The van der Waals surface area contributed by atoms with Gasteiger partial charge in [-0.3, -0.25) is 4.79 Å². The molecule has 1 aromatic carbocycles. The van der Waals surface area contributed by atoms with Crippen molar-refractivity contribution < 1.29 is 19.4 Å². The van der Waals surface area contributed by atoms with Gasteiger partial charge in [-0.05, 0) is 12.0 Å². The predicted molar refractivity (Wildman–Crippen MR) is 60.4 cm³/mol. The monoisotopic (exact) mass is 235 g/mol. The summed E-state index contributed by atoms with van der Waals surface area (Å²) in [5.74, 6) is -0.847. The average Bonchev–Trinajstić information content (AvgIpc) is 2.36. The summed E-state index contributed by atoms with van der Waals surface area (Å²) in [6.07, 6.45) is -0.332. The van der Waals surface area contributed by atoms with Gasteiger partial charge in [0.2, 0.25) is 5.91 Å². The van der Waals surface area contributed by atoms with Crippen LogP contribution in [0, 0.1) is 0 Å². The highest BCUT2D eigenvalue weighted by molar-refractivity contribution is 5.96. The number of esters is 1. The van der Waals surface area contributed by atoms with Crippen molar-refractivity contribution in [2.75, 3.05) is 12.4 Å². The van der Waals surface area contributed by atoms with Crippen molar-refractivity contribution in [2.24, 2.45) is 0 Å². The van der Waals surface area contributed by atoms with Crippen LogP contribution in [0.5, 0.6) is 0 Å². The third-order valence-electron chi connectivity index (χ3n) is 2.79. The zero-order valence-electron chi connectivity index (χ0n) is 9.40. The predicted octanol–water partition coefficient (Wildman–Crippen LogP) is 0.778. The first-order chi connectivity index (χ1) is 8.13. The first-order valence-corrected chi connectivity index (χ1v) is 5.31. The number of aliphatic hydroxyl groups excluding tert-OH is 1. The zero-order valence-corrected chi connectivity index (χ0v) is 9.40. The molecule has 5 nitrogen and oxygen atoms in total. The van der Waals surface area contributed by atoms with E-state index in [2.05, 4.69) is 10.1 Å². The number of methoxy groups -OCH3 is 1. The van der Waals surface area contributed by atoms with Gasteiger partial charge in [0.05, 0.1) is 12.8 Å². The molecule has 0 aliphatic carbocycles. The van der Waals surface area contributed by atoms with Gasteiger partial charge >= 0.3 is 5.97 Å². The van der Waals surface area contributed by atoms with Crippen LogP contribution in [0.1, 0.15) is 23.7 Å². The van der Waals surface area contributed by atoms with E-state index in [9.17, 15) is 14.7 Å². The van der Waals surface area contributed by atoms with E-state index in [1.165, 1.54) is 7.11 Å². The van der Waals surface area contributed by atoms with E-state index in [0.717, 1.165) is 5.56 Å². The lowest BCUT2D eigenvalue weighted by atomic mass is 9.96. The summed E-state index contributed by atoms with van der Waals surface area (Å²) in [7, 11) is 1.21. The SMILES string of the molecule is COC(=O)C(O)c1cccc2c1NC(=O)CC2. The number of ether oxygens (including phenoxy) is 1. The molecule has 0 saturated carbocycles. The van der Waals surface area contributed by atoms with Gasteiger partial charge in [0, 0.05) is 12.0 Å². The van der Waals surface area contributed by atoms with Crippen LogP contribution >= 0.6 is 0 Å². The molecule has 17 heavy (non-hydrogen) atoms. The van der Waals surface area contributed by atoms with E-state index in [1.54, 1.807) is 12.1 Å². The molecule has 1 aliphatic rings. The van der Waals surface area contributed by atoms with Crippen LogP contribution in [0.2, 0.25) is 0 Å². The number of fused-ring (bicyclic) bond motifs is 1. The fraction of sp³-hybridized carbons (Fsp3) is 0.333. The number of benzene rings is 1. The number of anilines is 1. The van der Waals surface area contributed by atoms with E-state index < -0.39 is 12.1 Å². The zero-order chi connectivity index (χ0) is 12.4. The van der Waals surface area contributed by atoms with Crippen LogP contribution < -0.4 is 5.32 Å². The van der Waals surface area contributed by atoms with Crippen molar-refractivity contribution in [1.82, 2.24) is 0 Å². The maximum atomic E-state index is 11.3. The van der Waals surface area contributed by atoms with E-state index in [4.69, 9.17) is 0 Å².